The van der Waals surface area contributed by atoms with Gasteiger partial charge in [-0.1, -0.05) is 0 Å². The summed E-state index contributed by atoms with van der Waals surface area (Å²) in [6.45, 7) is 0.362. The summed E-state index contributed by atoms with van der Waals surface area (Å²) >= 11 is 0. The minimum atomic E-state index is -3.13. The van der Waals surface area contributed by atoms with Gasteiger partial charge in [-0.2, -0.15) is 0 Å². The van der Waals surface area contributed by atoms with Gasteiger partial charge < -0.3 is 10.6 Å². The molecule has 0 aromatic heterocycles. The number of nitrogens with two attached hydrogens (primary N) is 1. The predicted molar refractivity (Wildman–Crippen MR) is 60.6 cm³/mol. The number of amides is 1. The first-order valence-corrected chi connectivity index (χ1v) is 7.55. The van der Waals surface area contributed by atoms with E-state index in [-0.39, 0.29) is 29.5 Å². The van der Waals surface area contributed by atoms with Crippen molar-refractivity contribution in [1.82, 2.24) is 4.90 Å². The van der Waals surface area contributed by atoms with Crippen LogP contribution in [0, 0.1) is 0 Å². The number of hydrogen-bond acceptors (Lipinski definition) is 4. The van der Waals surface area contributed by atoms with E-state index in [4.69, 9.17) is 5.73 Å². The predicted octanol–water partition coefficient (Wildman–Crippen LogP) is -0.487. The van der Waals surface area contributed by atoms with Gasteiger partial charge in [-0.15, -0.1) is 0 Å². The molecule has 0 bridgehead atoms. The van der Waals surface area contributed by atoms with Gasteiger partial charge in [0, 0.05) is 18.6 Å². The molecule has 16 heavy (non-hydrogen) atoms. The van der Waals surface area contributed by atoms with Crippen LogP contribution in [0.4, 0.5) is 0 Å². The average molecular weight is 246 g/mol. The monoisotopic (exact) mass is 246 g/mol. The van der Waals surface area contributed by atoms with Crippen LogP contribution < -0.4 is 5.73 Å². The lowest BCUT2D eigenvalue weighted by Crippen LogP contribution is -2.51. The van der Waals surface area contributed by atoms with Crippen LogP contribution in [0.5, 0.6) is 0 Å². The summed E-state index contributed by atoms with van der Waals surface area (Å²) in [5, 5.41) is 0. The van der Waals surface area contributed by atoms with Gasteiger partial charge in [-0.25, -0.2) is 8.42 Å². The fourth-order valence-corrected chi connectivity index (χ4v) is 3.67. The molecule has 1 amide bonds. The summed E-state index contributed by atoms with van der Waals surface area (Å²) in [7, 11) is -3.13. The van der Waals surface area contributed by atoms with E-state index >= 15 is 0 Å². The van der Waals surface area contributed by atoms with E-state index in [1.807, 2.05) is 0 Å². The van der Waals surface area contributed by atoms with E-state index in [2.05, 4.69) is 0 Å². The first kappa shape index (κ1) is 11.9. The number of rotatable bonds is 1. The first-order chi connectivity index (χ1) is 7.48. The molecular weight excluding hydrogens is 228 g/mol. The third kappa shape index (κ3) is 2.55. The second kappa shape index (κ2) is 4.33. The van der Waals surface area contributed by atoms with Crippen LogP contribution in [-0.4, -0.2) is 49.4 Å². The molecule has 5 nitrogen and oxygen atoms in total. The lowest BCUT2D eigenvalue weighted by atomic mass is 9.90. The molecule has 0 unspecified atom stereocenters. The number of carbonyl (C=O) groups excluding carboxylic acids is 1. The fourth-order valence-electron chi connectivity index (χ4n) is 2.50. The molecule has 1 saturated heterocycles. The third-order valence-electron chi connectivity index (χ3n) is 3.49. The molecule has 1 aliphatic carbocycles. The van der Waals surface area contributed by atoms with Crippen LogP contribution in [0.3, 0.4) is 0 Å². The van der Waals surface area contributed by atoms with Crippen molar-refractivity contribution in [2.24, 2.45) is 5.73 Å². The Kier molecular flexibility index (Phi) is 3.21. The second-order valence-corrected chi connectivity index (χ2v) is 6.93. The highest BCUT2D eigenvalue weighted by atomic mass is 32.2. The first-order valence-electron chi connectivity index (χ1n) is 5.73. The summed E-state index contributed by atoms with van der Waals surface area (Å²) in [5.41, 5.74) is 5.80. The zero-order valence-corrected chi connectivity index (χ0v) is 10.1. The van der Waals surface area contributed by atoms with Crippen molar-refractivity contribution in [3.63, 3.8) is 0 Å². The van der Waals surface area contributed by atoms with Gasteiger partial charge in [0.15, 0.2) is 9.84 Å². The molecule has 92 valence electrons. The van der Waals surface area contributed by atoms with Crippen LogP contribution in [0.1, 0.15) is 25.7 Å². The van der Waals surface area contributed by atoms with Crippen molar-refractivity contribution in [1.29, 1.82) is 0 Å². The molecule has 0 aromatic carbocycles. The van der Waals surface area contributed by atoms with Gasteiger partial charge in [0.1, 0.15) is 5.75 Å². The van der Waals surface area contributed by atoms with E-state index in [1.165, 1.54) is 0 Å². The molecule has 0 spiro atoms. The maximum atomic E-state index is 11.7. The molecule has 0 radical (unpaired) electrons. The van der Waals surface area contributed by atoms with Crippen molar-refractivity contribution < 1.29 is 13.2 Å². The van der Waals surface area contributed by atoms with E-state index in [0.29, 0.717) is 6.54 Å². The fraction of sp³-hybridized carbons (Fsp3) is 0.900. The Morgan fingerprint density at radius 2 is 1.81 bits per heavy atom. The Bertz CT molecular complexity index is 372. The Morgan fingerprint density at radius 1 is 1.19 bits per heavy atom. The highest BCUT2D eigenvalue weighted by molar-refractivity contribution is 7.92. The lowest BCUT2D eigenvalue weighted by Gasteiger charge is -2.38. The molecule has 2 N–H and O–H groups in total. The van der Waals surface area contributed by atoms with E-state index in [0.717, 1.165) is 25.7 Å². The van der Waals surface area contributed by atoms with Crippen molar-refractivity contribution in [3.8, 4) is 0 Å². The molecule has 1 saturated carbocycles. The Balaban J connectivity index is 1.98. The summed E-state index contributed by atoms with van der Waals surface area (Å²) in [6, 6.07) is 0.461. The van der Waals surface area contributed by atoms with Crippen molar-refractivity contribution in [3.05, 3.63) is 0 Å². The van der Waals surface area contributed by atoms with Crippen LogP contribution in [0.15, 0.2) is 0 Å². The molecule has 1 heterocycles. The molecule has 0 atom stereocenters. The minimum Gasteiger partial charge on any atom is -0.338 e. The highest BCUT2D eigenvalue weighted by Crippen LogP contribution is 2.23. The maximum Gasteiger partial charge on any atom is 0.238 e. The van der Waals surface area contributed by atoms with Crippen molar-refractivity contribution >= 4 is 15.7 Å². The third-order valence-corrected chi connectivity index (χ3v) is 4.98. The number of nitrogens with zero attached hydrogens (tertiary/aromatic N) is 1. The summed E-state index contributed by atoms with van der Waals surface area (Å²) in [5.74, 6) is -0.427. The zero-order valence-electron chi connectivity index (χ0n) is 9.26. The van der Waals surface area contributed by atoms with Gasteiger partial charge in [0.05, 0.1) is 5.75 Å². The maximum absolute atomic E-state index is 11.7. The van der Waals surface area contributed by atoms with Gasteiger partial charge in [-0.3, -0.25) is 4.79 Å². The number of carbonyl (C=O) groups is 1. The van der Waals surface area contributed by atoms with Crippen LogP contribution in [0.25, 0.3) is 0 Å². The molecule has 6 heteroatoms. The lowest BCUT2D eigenvalue weighted by molar-refractivity contribution is -0.131. The average Bonchev–Trinajstić information content (AvgIpc) is 2.19. The van der Waals surface area contributed by atoms with E-state index in [9.17, 15) is 13.2 Å². The zero-order chi connectivity index (χ0) is 11.8. The SMILES string of the molecule is N[C@H]1CC[C@H](N2CCS(=O)(=O)CC2=O)CC1. The number of sulfone groups is 1. The Labute approximate surface area is 95.9 Å². The van der Waals surface area contributed by atoms with Crippen LogP contribution in [-0.2, 0) is 14.6 Å². The van der Waals surface area contributed by atoms with Crippen molar-refractivity contribution in [2.75, 3.05) is 18.1 Å². The Morgan fingerprint density at radius 3 is 2.38 bits per heavy atom. The largest absolute Gasteiger partial charge is 0.338 e. The molecule has 1 aliphatic heterocycles. The summed E-state index contributed by atoms with van der Waals surface area (Å²) in [4.78, 5) is 13.4. The van der Waals surface area contributed by atoms with Gasteiger partial charge in [0.25, 0.3) is 0 Å². The van der Waals surface area contributed by atoms with E-state index < -0.39 is 9.84 Å². The molecule has 2 fully saturated rings. The summed E-state index contributed by atoms with van der Waals surface area (Å²) < 4.78 is 22.5. The van der Waals surface area contributed by atoms with Crippen molar-refractivity contribution in [2.45, 2.75) is 37.8 Å². The highest BCUT2D eigenvalue weighted by Gasteiger charge is 2.34. The Hall–Kier alpha value is -0.620. The smallest absolute Gasteiger partial charge is 0.238 e. The van der Waals surface area contributed by atoms with Gasteiger partial charge in [0.2, 0.25) is 5.91 Å². The molecule has 2 rings (SSSR count). The number of hydrogen-bond donors (Lipinski definition) is 1. The second-order valence-electron chi connectivity index (χ2n) is 4.75. The standard InChI is InChI=1S/C10H18N2O3S/c11-8-1-3-9(4-2-8)12-5-6-16(14,15)7-10(12)13/h8-9H,1-7,11H2/t8-,9-. The molecule has 0 aromatic rings. The van der Waals surface area contributed by atoms with Gasteiger partial charge in [-0.05, 0) is 25.7 Å². The normalized spacial score (nSPS) is 35.1. The minimum absolute atomic E-state index is 0.112. The van der Waals surface area contributed by atoms with E-state index in [1.54, 1.807) is 4.90 Å². The topological polar surface area (TPSA) is 80.5 Å². The quantitative estimate of drug-likeness (QED) is 0.677. The van der Waals surface area contributed by atoms with Crippen LogP contribution in [0.2, 0.25) is 0 Å². The molecule has 2 aliphatic rings. The summed E-state index contributed by atoms with van der Waals surface area (Å²) in [6.07, 6.45) is 3.68. The molecular formula is C10H18N2O3S. The van der Waals surface area contributed by atoms with Crippen LogP contribution >= 0.6 is 0 Å². The van der Waals surface area contributed by atoms with Gasteiger partial charge >= 0.3 is 0 Å².